The van der Waals surface area contributed by atoms with E-state index in [9.17, 15) is 0 Å². The highest BCUT2D eigenvalue weighted by molar-refractivity contribution is 5.09. The van der Waals surface area contributed by atoms with Crippen LogP contribution in [-0.4, -0.2) is 29.1 Å². The predicted molar refractivity (Wildman–Crippen MR) is 65.3 cm³/mol. The zero-order valence-corrected chi connectivity index (χ0v) is 11.1. The SMILES string of the molecule is CC(C)C(c1nc(C2(N)CCC2)no1)N(C)C. The lowest BCUT2D eigenvalue weighted by Crippen LogP contribution is -2.44. The summed E-state index contributed by atoms with van der Waals surface area (Å²) in [5.41, 5.74) is 5.85. The maximum Gasteiger partial charge on any atom is 0.244 e. The second kappa shape index (κ2) is 4.38. The van der Waals surface area contributed by atoms with Gasteiger partial charge in [-0.2, -0.15) is 4.98 Å². The van der Waals surface area contributed by atoms with E-state index in [2.05, 4.69) is 28.9 Å². The van der Waals surface area contributed by atoms with E-state index < -0.39 is 0 Å². The van der Waals surface area contributed by atoms with Gasteiger partial charge in [-0.25, -0.2) is 0 Å². The fourth-order valence-corrected chi connectivity index (χ4v) is 2.44. The van der Waals surface area contributed by atoms with Crippen molar-refractivity contribution in [1.82, 2.24) is 15.0 Å². The first-order valence-electron chi connectivity index (χ1n) is 6.23. The Morgan fingerprint density at radius 1 is 1.35 bits per heavy atom. The van der Waals surface area contributed by atoms with Gasteiger partial charge in [0.2, 0.25) is 5.89 Å². The molecule has 1 heterocycles. The number of nitrogens with two attached hydrogens (primary N) is 1. The zero-order valence-electron chi connectivity index (χ0n) is 11.1. The quantitative estimate of drug-likeness (QED) is 0.864. The monoisotopic (exact) mass is 238 g/mol. The zero-order chi connectivity index (χ0) is 12.6. The average molecular weight is 238 g/mol. The van der Waals surface area contributed by atoms with Crippen LogP contribution in [0.4, 0.5) is 0 Å². The molecule has 1 fully saturated rings. The average Bonchev–Trinajstić information content (AvgIpc) is 2.62. The van der Waals surface area contributed by atoms with Crippen LogP contribution in [0.2, 0.25) is 0 Å². The van der Waals surface area contributed by atoms with Crippen molar-refractivity contribution >= 4 is 0 Å². The minimum atomic E-state index is -0.338. The molecule has 5 nitrogen and oxygen atoms in total. The molecule has 0 bridgehead atoms. The Bertz CT molecular complexity index is 374. The van der Waals surface area contributed by atoms with E-state index in [1.807, 2.05) is 14.1 Å². The third-order valence-electron chi connectivity index (χ3n) is 3.57. The van der Waals surface area contributed by atoms with E-state index in [4.69, 9.17) is 10.3 Å². The third kappa shape index (κ3) is 2.21. The molecular weight excluding hydrogens is 216 g/mol. The summed E-state index contributed by atoms with van der Waals surface area (Å²) in [6, 6.07) is 0.153. The summed E-state index contributed by atoms with van der Waals surface area (Å²) in [6.07, 6.45) is 3.07. The third-order valence-corrected chi connectivity index (χ3v) is 3.57. The summed E-state index contributed by atoms with van der Waals surface area (Å²) >= 11 is 0. The van der Waals surface area contributed by atoms with Gasteiger partial charge in [0.05, 0.1) is 11.6 Å². The van der Waals surface area contributed by atoms with Crippen molar-refractivity contribution in [1.29, 1.82) is 0 Å². The second-order valence-corrected chi connectivity index (χ2v) is 5.62. The van der Waals surface area contributed by atoms with Crippen molar-refractivity contribution in [3.05, 3.63) is 11.7 Å². The molecule has 96 valence electrons. The Hall–Kier alpha value is -0.940. The molecule has 0 spiro atoms. The summed E-state index contributed by atoms with van der Waals surface area (Å²) in [5.74, 6) is 1.77. The lowest BCUT2D eigenvalue weighted by atomic mass is 9.77. The molecule has 1 aromatic heterocycles. The van der Waals surface area contributed by atoms with E-state index in [0.29, 0.717) is 17.6 Å². The Kier molecular flexibility index (Phi) is 3.23. The maximum atomic E-state index is 6.19. The molecule has 0 amide bonds. The Balaban J connectivity index is 2.22. The second-order valence-electron chi connectivity index (χ2n) is 5.62. The number of hydrogen-bond acceptors (Lipinski definition) is 5. The molecule has 1 unspecified atom stereocenters. The molecule has 1 aliphatic carbocycles. The highest BCUT2D eigenvalue weighted by atomic mass is 16.5. The maximum absolute atomic E-state index is 6.19. The fourth-order valence-electron chi connectivity index (χ4n) is 2.44. The highest BCUT2D eigenvalue weighted by Gasteiger charge is 2.39. The van der Waals surface area contributed by atoms with E-state index >= 15 is 0 Å². The van der Waals surface area contributed by atoms with Gasteiger partial charge in [-0.15, -0.1) is 0 Å². The lowest BCUT2D eigenvalue weighted by Gasteiger charge is -2.34. The molecule has 0 aliphatic heterocycles. The first kappa shape index (κ1) is 12.5. The van der Waals surface area contributed by atoms with Crippen molar-refractivity contribution in [2.75, 3.05) is 14.1 Å². The number of nitrogens with zero attached hydrogens (tertiary/aromatic N) is 3. The molecule has 0 radical (unpaired) electrons. The number of aromatic nitrogens is 2. The van der Waals surface area contributed by atoms with Crippen molar-refractivity contribution in [2.45, 2.75) is 44.7 Å². The van der Waals surface area contributed by atoms with Gasteiger partial charge in [-0.3, -0.25) is 4.90 Å². The van der Waals surface area contributed by atoms with E-state index in [-0.39, 0.29) is 11.6 Å². The van der Waals surface area contributed by atoms with Gasteiger partial charge in [0.15, 0.2) is 5.82 Å². The summed E-state index contributed by atoms with van der Waals surface area (Å²) in [7, 11) is 4.05. The van der Waals surface area contributed by atoms with Crippen molar-refractivity contribution in [2.24, 2.45) is 11.7 Å². The first-order valence-corrected chi connectivity index (χ1v) is 6.23. The molecule has 5 heteroatoms. The van der Waals surface area contributed by atoms with Crippen molar-refractivity contribution in [3.63, 3.8) is 0 Å². The van der Waals surface area contributed by atoms with Crippen LogP contribution in [0.3, 0.4) is 0 Å². The molecule has 0 saturated heterocycles. The molecule has 1 atom stereocenters. The molecule has 1 aromatic rings. The van der Waals surface area contributed by atoms with Crippen LogP contribution in [0.25, 0.3) is 0 Å². The summed E-state index contributed by atoms with van der Waals surface area (Å²) in [5, 5.41) is 4.06. The van der Waals surface area contributed by atoms with Crippen molar-refractivity contribution in [3.8, 4) is 0 Å². The molecule has 1 saturated carbocycles. The molecular formula is C12H22N4O. The normalized spacial score (nSPS) is 20.6. The Morgan fingerprint density at radius 2 is 2.00 bits per heavy atom. The van der Waals surface area contributed by atoms with Gasteiger partial charge in [0, 0.05) is 0 Å². The number of rotatable bonds is 4. The highest BCUT2D eigenvalue weighted by Crippen LogP contribution is 2.37. The van der Waals surface area contributed by atoms with E-state index in [0.717, 1.165) is 19.3 Å². The van der Waals surface area contributed by atoms with Gasteiger partial charge in [-0.1, -0.05) is 19.0 Å². The summed E-state index contributed by atoms with van der Waals surface area (Å²) < 4.78 is 5.39. The summed E-state index contributed by atoms with van der Waals surface area (Å²) in [4.78, 5) is 6.61. The molecule has 0 aromatic carbocycles. The lowest BCUT2D eigenvalue weighted by molar-refractivity contribution is 0.180. The first-order chi connectivity index (χ1) is 7.94. The topological polar surface area (TPSA) is 68.2 Å². The molecule has 1 aliphatic rings. The minimum absolute atomic E-state index is 0.153. The van der Waals surface area contributed by atoms with Crippen molar-refractivity contribution < 1.29 is 4.52 Å². The van der Waals surface area contributed by atoms with Gasteiger partial charge in [0.25, 0.3) is 0 Å². The van der Waals surface area contributed by atoms with Gasteiger partial charge in [-0.05, 0) is 39.3 Å². The van der Waals surface area contributed by atoms with Gasteiger partial charge in [0.1, 0.15) is 0 Å². The van der Waals surface area contributed by atoms with Crippen LogP contribution in [-0.2, 0) is 5.54 Å². The van der Waals surface area contributed by atoms with Gasteiger partial charge >= 0.3 is 0 Å². The van der Waals surface area contributed by atoms with Crippen LogP contribution in [0.15, 0.2) is 4.52 Å². The predicted octanol–water partition coefficient (Wildman–Crippen LogP) is 1.67. The Morgan fingerprint density at radius 3 is 2.41 bits per heavy atom. The molecule has 17 heavy (non-hydrogen) atoms. The van der Waals surface area contributed by atoms with Crippen LogP contribution in [0, 0.1) is 5.92 Å². The molecule has 2 N–H and O–H groups in total. The van der Waals surface area contributed by atoms with Crippen LogP contribution in [0.1, 0.15) is 50.9 Å². The molecule has 2 rings (SSSR count). The van der Waals surface area contributed by atoms with Crippen LogP contribution >= 0.6 is 0 Å². The standard InChI is InChI=1S/C12H22N4O/c1-8(2)9(16(3)4)10-14-11(15-17-10)12(13)6-5-7-12/h8-9H,5-7,13H2,1-4H3. The Labute approximate surface area is 102 Å². The summed E-state index contributed by atoms with van der Waals surface area (Å²) in [6.45, 7) is 4.30. The van der Waals surface area contributed by atoms with Crippen LogP contribution < -0.4 is 5.73 Å². The van der Waals surface area contributed by atoms with Gasteiger partial charge < -0.3 is 10.3 Å². The van der Waals surface area contributed by atoms with E-state index in [1.54, 1.807) is 0 Å². The smallest absolute Gasteiger partial charge is 0.244 e. The van der Waals surface area contributed by atoms with Crippen LogP contribution in [0.5, 0.6) is 0 Å². The number of hydrogen-bond donors (Lipinski definition) is 1. The fraction of sp³-hybridized carbons (Fsp3) is 0.833. The van der Waals surface area contributed by atoms with E-state index in [1.165, 1.54) is 0 Å². The largest absolute Gasteiger partial charge is 0.338 e. The minimum Gasteiger partial charge on any atom is -0.338 e.